The summed E-state index contributed by atoms with van der Waals surface area (Å²) in [6.45, 7) is 0.510. The van der Waals surface area contributed by atoms with Crippen LogP contribution in [-0.4, -0.2) is 29.7 Å². The molecule has 6 nitrogen and oxygen atoms in total. The number of nitrogens with one attached hydrogen (secondary N) is 1. The van der Waals surface area contributed by atoms with Crippen LogP contribution in [0.15, 0.2) is 66.0 Å². The molecule has 0 aliphatic carbocycles. The summed E-state index contributed by atoms with van der Waals surface area (Å²) in [5.41, 5.74) is 1.72. The van der Waals surface area contributed by atoms with Gasteiger partial charge in [-0.25, -0.2) is 17.5 Å². The van der Waals surface area contributed by atoms with E-state index in [9.17, 15) is 12.8 Å². The molecule has 2 aromatic heterocycles. The van der Waals surface area contributed by atoms with Gasteiger partial charge in [-0.3, -0.25) is 9.67 Å². The molecule has 0 bridgehead atoms. The molecular weight excluding hydrogens is 331 g/mol. The Morgan fingerprint density at radius 3 is 2.67 bits per heavy atom. The van der Waals surface area contributed by atoms with Crippen molar-refractivity contribution in [3.8, 4) is 11.3 Å². The van der Waals surface area contributed by atoms with Crippen LogP contribution in [0, 0.1) is 5.82 Å². The van der Waals surface area contributed by atoms with Crippen LogP contribution in [0.3, 0.4) is 0 Å². The minimum absolute atomic E-state index is 0.0968. The fourth-order valence-electron chi connectivity index (χ4n) is 2.17. The van der Waals surface area contributed by atoms with Crippen molar-refractivity contribution in [2.75, 3.05) is 6.54 Å². The van der Waals surface area contributed by atoms with Gasteiger partial charge in [0.05, 0.1) is 17.1 Å². The molecule has 3 aromatic rings. The summed E-state index contributed by atoms with van der Waals surface area (Å²) in [5, 5.41) is 4.38. The molecule has 0 atom stereocenters. The van der Waals surface area contributed by atoms with Gasteiger partial charge in [0, 0.05) is 30.7 Å². The third-order valence-electron chi connectivity index (χ3n) is 3.36. The maximum Gasteiger partial charge on any atom is 0.240 e. The smallest absolute Gasteiger partial charge is 0.240 e. The van der Waals surface area contributed by atoms with Crippen LogP contribution >= 0.6 is 0 Å². The summed E-state index contributed by atoms with van der Waals surface area (Å²) in [5.74, 6) is -0.591. The first kappa shape index (κ1) is 16.3. The Bertz CT molecular complexity index is 926. The van der Waals surface area contributed by atoms with Crippen molar-refractivity contribution < 1.29 is 12.8 Å². The first-order valence-electron chi connectivity index (χ1n) is 7.24. The average molecular weight is 346 g/mol. The third kappa shape index (κ3) is 3.84. The predicted molar refractivity (Wildman–Crippen MR) is 87.0 cm³/mol. The Kier molecular flexibility index (Phi) is 4.68. The van der Waals surface area contributed by atoms with Gasteiger partial charge in [0.1, 0.15) is 5.82 Å². The lowest BCUT2D eigenvalue weighted by Crippen LogP contribution is -2.27. The van der Waals surface area contributed by atoms with Crippen LogP contribution in [0.1, 0.15) is 0 Å². The second kappa shape index (κ2) is 6.90. The van der Waals surface area contributed by atoms with Crippen molar-refractivity contribution in [3.63, 3.8) is 0 Å². The van der Waals surface area contributed by atoms with Crippen LogP contribution in [-0.2, 0) is 16.6 Å². The Morgan fingerprint density at radius 2 is 1.92 bits per heavy atom. The highest BCUT2D eigenvalue weighted by Crippen LogP contribution is 2.15. The maximum absolute atomic E-state index is 13.1. The summed E-state index contributed by atoms with van der Waals surface area (Å²) < 4.78 is 41.4. The van der Waals surface area contributed by atoms with Gasteiger partial charge in [-0.05, 0) is 36.4 Å². The lowest BCUT2D eigenvalue weighted by atomic mass is 10.2. The van der Waals surface area contributed by atoms with E-state index in [0.29, 0.717) is 6.54 Å². The maximum atomic E-state index is 13.1. The second-order valence-electron chi connectivity index (χ2n) is 5.06. The van der Waals surface area contributed by atoms with E-state index < -0.39 is 15.8 Å². The molecule has 8 heteroatoms. The van der Waals surface area contributed by atoms with E-state index in [-0.39, 0.29) is 11.4 Å². The predicted octanol–water partition coefficient (Wildman–Crippen LogP) is 2.06. The molecule has 3 rings (SSSR count). The fourth-order valence-corrected chi connectivity index (χ4v) is 3.23. The third-order valence-corrected chi connectivity index (χ3v) is 4.81. The number of rotatable bonds is 6. The highest BCUT2D eigenvalue weighted by atomic mass is 32.2. The first-order chi connectivity index (χ1) is 11.5. The van der Waals surface area contributed by atoms with Crippen molar-refractivity contribution in [1.82, 2.24) is 19.5 Å². The molecule has 0 aliphatic heterocycles. The molecular formula is C16H15FN4O2S. The molecule has 2 heterocycles. The van der Waals surface area contributed by atoms with Gasteiger partial charge < -0.3 is 0 Å². The average Bonchev–Trinajstić information content (AvgIpc) is 3.04. The van der Waals surface area contributed by atoms with Crippen molar-refractivity contribution in [2.45, 2.75) is 11.4 Å². The first-order valence-corrected chi connectivity index (χ1v) is 8.72. The molecule has 0 spiro atoms. The highest BCUT2D eigenvalue weighted by molar-refractivity contribution is 7.89. The minimum atomic E-state index is -3.74. The second-order valence-corrected chi connectivity index (χ2v) is 6.82. The monoisotopic (exact) mass is 346 g/mol. The number of hydrogen-bond donors (Lipinski definition) is 1. The van der Waals surface area contributed by atoms with Crippen molar-refractivity contribution in [1.29, 1.82) is 0 Å². The van der Waals surface area contributed by atoms with Crippen LogP contribution in [0.4, 0.5) is 4.39 Å². The molecule has 0 unspecified atom stereocenters. The standard InChI is InChI=1S/C16H15FN4O2S/c17-14-2-1-3-15(12-14)24(22,23)19-9-11-21-10-6-16(20-21)13-4-7-18-8-5-13/h1-8,10,12,19H,9,11H2. The zero-order valence-electron chi connectivity index (χ0n) is 12.6. The van der Waals surface area contributed by atoms with E-state index in [1.807, 2.05) is 18.2 Å². The number of benzene rings is 1. The molecule has 1 aromatic carbocycles. The van der Waals surface area contributed by atoms with Gasteiger partial charge in [0.2, 0.25) is 10.0 Å². The molecule has 0 amide bonds. The molecule has 124 valence electrons. The van der Waals surface area contributed by atoms with E-state index in [4.69, 9.17) is 0 Å². The van der Waals surface area contributed by atoms with Gasteiger partial charge in [-0.2, -0.15) is 5.10 Å². The Hall–Kier alpha value is -2.58. The van der Waals surface area contributed by atoms with E-state index in [0.717, 1.165) is 17.3 Å². The number of nitrogens with zero attached hydrogens (tertiary/aromatic N) is 3. The van der Waals surface area contributed by atoms with E-state index >= 15 is 0 Å². The Balaban J connectivity index is 1.62. The van der Waals surface area contributed by atoms with Crippen molar-refractivity contribution >= 4 is 10.0 Å². The van der Waals surface area contributed by atoms with Crippen LogP contribution in [0.25, 0.3) is 11.3 Å². The number of sulfonamides is 1. The van der Waals surface area contributed by atoms with E-state index in [1.54, 1.807) is 23.3 Å². The SMILES string of the molecule is O=S(=O)(NCCn1ccc(-c2ccncc2)n1)c1cccc(F)c1. The summed E-state index contributed by atoms with van der Waals surface area (Å²) in [6.07, 6.45) is 5.13. The zero-order chi connectivity index (χ0) is 17.0. The zero-order valence-corrected chi connectivity index (χ0v) is 13.4. The van der Waals surface area contributed by atoms with Crippen LogP contribution in [0.5, 0.6) is 0 Å². The Morgan fingerprint density at radius 1 is 1.12 bits per heavy atom. The minimum Gasteiger partial charge on any atom is -0.271 e. The summed E-state index contributed by atoms with van der Waals surface area (Å²) in [6, 6.07) is 10.4. The molecule has 0 radical (unpaired) electrons. The largest absolute Gasteiger partial charge is 0.271 e. The van der Waals surface area contributed by atoms with Gasteiger partial charge >= 0.3 is 0 Å². The number of aromatic nitrogens is 3. The van der Waals surface area contributed by atoms with Gasteiger partial charge in [-0.15, -0.1) is 0 Å². The van der Waals surface area contributed by atoms with Crippen LogP contribution < -0.4 is 4.72 Å². The molecule has 0 saturated carbocycles. The summed E-state index contributed by atoms with van der Waals surface area (Å²) in [7, 11) is -3.74. The van der Waals surface area contributed by atoms with Gasteiger partial charge in [0.25, 0.3) is 0 Å². The molecule has 0 fully saturated rings. The van der Waals surface area contributed by atoms with Crippen molar-refractivity contribution in [3.05, 3.63) is 66.9 Å². The van der Waals surface area contributed by atoms with Gasteiger partial charge in [0.15, 0.2) is 0 Å². The molecule has 24 heavy (non-hydrogen) atoms. The van der Waals surface area contributed by atoms with E-state index in [2.05, 4.69) is 14.8 Å². The fraction of sp³-hybridized carbons (Fsp3) is 0.125. The summed E-state index contributed by atoms with van der Waals surface area (Å²) >= 11 is 0. The molecule has 1 N–H and O–H groups in total. The lowest BCUT2D eigenvalue weighted by molar-refractivity contribution is 0.559. The lowest BCUT2D eigenvalue weighted by Gasteiger charge is -2.07. The Labute approximate surface area is 139 Å². The van der Waals surface area contributed by atoms with Gasteiger partial charge in [-0.1, -0.05) is 6.07 Å². The topological polar surface area (TPSA) is 76.9 Å². The number of hydrogen-bond acceptors (Lipinski definition) is 4. The molecule has 0 saturated heterocycles. The highest BCUT2D eigenvalue weighted by Gasteiger charge is 2.14. The van der Waals surface area contributed by atoms with E-state index in [1.165, 1.54) is 18.2 Å². The molecule has 0 aliphatic rings. The normalized spacial score (nSPS) is 11.5. The van der Waals surface area contributed by atoms with Crippen molar-refractivity contribution in [2.24, 2.45) is 0 Å². The number of pyridine rings is 1. The van der Waals surface area contributed by atoms with Crippen LogP contribution in [0.2, 0.25) is 0 Å². The number of halogens is 1. The summed E-state index contributed by atoms with van der Waals surface area (Å²) in [4.78, 5) is 3.85. The quantitative estimate of drug-likeness (QED) is 0.741.